The van der Waals surface area contributed by atoms with Gasteiger partial charge in [-0.15, -0.1) is 20.4 Å². The Morgan fingerprint density at radius 1 is 0.500 bits per heavy atom. The van der Waals surface area contributed by atoms with Gasteiger partial charge in [-0.05, 0) is 10.9 Å². The lowest BCUT2D eigenvalue weighted by Crippen LogP contribution is -2.29. The fourth-order valence-corrected chi connectivity index (χ4v) is 2.07. The van der Waals surface area contributed by atoms with Crippen molar-refractivity contribution in [1.82, 2.24) is 20.4 Å². The number of aromatic nitrogens is 4. The van der Waals surface area contributed by atoms with Crippen molar-refractivity contribution in [2.24, 2.45) is 0 Å². The second-order valence-corrected chi connectivity index (χ2v) is 5.04. The third kappa shape index (κ3) is 3.47. The second kappa shape index (κ2) is 6.85. The Balaban J connectivity index is 1.82. The average Bonchev–Trinajstić information content (AvgIpc) is 2.62. The third-order valence-corrected chi connectivity index (χ3v) is 3.41. The molecule has 0 aliphatic carbocycles. The summed E-state index contributed by atoms with van der Waals surface area (Å²) in [6.07, 6.45) is 0. The molecule has 8 nitrogen and oxygen atoms in total. The molecule has 0 unspecified atom stereocenters. The quantitative estimate of drug-likeness (QED) is 0.404. The molecule has 0 fully saturated rings. The molecule has 0 saturated carbocycles. The Hall–Kier alpha value is -2.65. The molecule has 2 aromatic carbocycles. The SMILES string of the molecule is OB(O)c1ccc(-c2nnc(-c3ccc(B(O)O)cc3)nn2)cc1. The Morgan fingerprint density at radius 3 is 1.04 bits per heavy atom. The molecular weight excluding hydrogens is 310 g/mol. The summed E-state index contributed by atoms with van der Waals surface area (Å²) in [5.74, 6) is 0.611. The predicted octanol–water partition coefficient (Wildman–Crippen LogP) is -2.04. The molecule has 0 atom stereocenters. The molecule has 10 heteroatoms. The van der Waals surface area contributed by atoms with Gasteiger partial charge in [-0.25, -0.2) is 0 Å². The van der Waals surface area contributed by atoms with E-state index in [1.807, 2.05) is 0 Å². The van der Waals surface area contributed by atoms with Crippen molar-refractivity contribution in [2.75, 3.05) is 0 Å². The molecule has 0 aliphatic rings. The van der Waals surface area contributed by atoms with Crippen LogP contribution in [-0.4, -0.2) is 54.7 Å². The smallest absolute Gasteiger partial charge is 0.423 e. The van der Waals surface area contributed by atoms with Crippen molar-refractivity contribution in [2.45, 2.75) is 0 Å². The van der Waals surface area contributed by atoms with E-state index >= 15 is 0 Å². The van der Waals surface area contributed by atoms with Gasteiger partial charge in [0.05, 0.1) is 0 Å². The first-order chi connectivity index (χ1) is 11.5. The number of nitrogens with zero attached hydrogens (tertiary/aromatic N) is 4. The van der Waals surface area contributed by atoms with Gasteiger partial charge >= 0.3 is 14.2 Å². The van der Waals surface area contributed by atoms with Crippen LogP contribution >= 0.6 is 0 Å². The minimum Gasteiger partial charge on any atom is -0.423 e. The zero-order chi connectivity index (χ0) is 17.1. The minimum atomic E-state index is -1.53. The molecule has 3 aromatic rings. The van der Waals surface area contributed by atoms with Crippen molar-refractivity contribution < 1.29 is 20.1 Å². The van der Waals surface area contributed by atoms with Crippen LogP contribution in [0.3, 0.4) is 0 Å². The maximum absolute atomic E-state index is 9.07. The van der Waals surface area contributed by atoms with Crippen LogP contribution in [0.1, 0.15) is 0 Å². The third-order valence-electron chi connectivity index (χ3n) is 3.41. The van der Waals surface area contributed by atoms with Gasteiger partial charge in [-0.1, -0.05) is 48.5 Å². The van der Waals surface area contributed by atoms with E-state index in [1.54, 1.807) is 48.5 Å². The monoisotopic (exact) mass is 322 g/mol. The van der Waals surface area contributed by atoms with Crippen molar-refractivity contribution in [3.63, 3.8) is 0 Å². The van der Waals surface area contributed by atoms with Crippen LogP contribution < -0.4 is 10.9 Å². The van der Waals surface area contributed by atoms with E-state index in [1.165, 1.54) is 0 Å². The van der Waals surface area contributed by atoms with E-state index in [4.69, 9.17) is 20.1 Å². The van der Waals surface area contributed by atoms with Crippen molar-refractivity contribution in [3.05, 3.63) is 48.5 Å². The van der Waals surface area contributed by atoms with Crippen molar-refractivity contribution in [1.29, 1.82) is 0 Å². The molecule has 0 radical (unpaired) electrons. The lowest BCUT2D eigenvalue weighted by Gasteiger charge is -2.03. The highest BCUT2D eigenvalue weighted by molar-refractivity contribution is 6.58. The summed E-state index contributed by atoms with van der Waals surface area (Å²) in [5.41, 5.74) is 2.01. The van der Waals surface area contributed by atoms with E-state index in [0.29, 0.717) is 33.7 Å². The molecule has 0 saturated heterocycles. The Kier molecular flexibility index (Phi) is 4.63. The summed E-state index contributed by atoms with van der Waals surface area (Å²) >= 11 is 0. The van der Waals surface area contributed by atoms with Crippen LogP contribution in [0.2, 0.25) is 0 Å². The predicted molar refractivity (Wildman–Crippen MR) is 88.1 cm³/mol. The highest BCUT2D eigenvalue weighted by Crippen LogP contribution is 2.15. The summed E-state index contributed by atoms with van der Waals surface area (Å²) in [4.78, 5) is 0. The van der Waals surface area contributed by atoms with Crippen molar-refractivity contribution in [3.8, 4) is 22.8 Å². The van der Waals surface area contributed by atoms with Crippen LogP contribution in [0, 0.1) is 0 Å². The Labute approximate surface area is 137 Å². The maximum atomic E-state index is 9.07. The lowest BCUT2D eigenvalue weighted by molar-refractivity contribution is 0.424. The molecular formula is C14H12B2N4O4. The summed E-state index contributed by atoms with van der Waals surface area (Å²) in [6.45, 7) is 0. The molecule has 4 N–H and O–H groups in total. The fraction of sp³-hybridized carbons (Fsp3) is 0. The highest BCUT2D eigenvalue weighted by atomic mass is 16.4. The number of hydrogen-bond donors (Lipinski definition) is 4. The van der Waals surface area contributed by atoms with Gasteiger partial charge in [0.2, 0.25) is 11.6 Å². The van der Waals surface area contributed by atoms with Crippen LogP contribution in [0.4, 0.5) is 0 Å². The topological polar surface area (TPSA) is 132 Å². The standard InChI is InChI=1S/C14H12B2N4O4/c21-15(22)11-5-1-9(2-6-11)13-17-19-14(20-18-13)10-3-7-12(8-4-10)16(23)24/h1-8,21-24H. The second-order valence-electron chi connectivity index (χ2n) is 5.04. The number of benzene rings is 2. The summed E-state index contributed by atoms with van der Waals surface area (Å²) in [6, 6.07) is 12.8. The normalized spacial score (nSPS) is 10.5. The number of rotatable bonds is 4. The van der Waals surface area contributed by atoms with E-state index in [-0.39, 0.29) is 0 Å². The van der Waals surface area contributed by atoms with Crippen LogP contribution in [-0.2, 0) is 0 Å². The first kappa shape index (κ1) is 16.2. The molecule has 0 aliphatic heterocycles. The Bertz CT molecular complexity index is 741. The summed E-state index contributed by atoms with van der Waals surface area (Å²) in [5, 5.41) is 52.3. The molecule has 0 spiro atoms. The highest BCUT2D eigenvalue weighted by Gasteiger charge is 2.13. The molecule has 118 valence electrons. The molecule has 0 amide bonds. The molecule has 3 rings (SSSR count). The van der Waals surface area contributed by atoms with Crippen molar-refractivity contribution >= 4 is 25.2 Å². The fourth-order valence-electron chi connectivity index (χ4n) is 2.07. The van der Waals surface area contributed by atoms with Gasteiger partial charge in [0.25, 0.3) is 0 Å². The minimum absolute atomic E-state index is 0.306. The Morgan fingerprint density at radius 2 is 0.792 bits per heavy atom. The van der Waals surface area contributed by atoms with Gasteiger partial charge < -0.3 is 20.1 Å². The maximum Gasteiger partial charge on any atom is 0.488 e. The average molecular weight is 322 g/mol. The summed E-state index contributed by atoms with van der Waals surface area (Å²) in [7, 11) is -3.06. The van der Waals surface area contributed by atoms with E-state index < -0.39 is 14.2 Å². The lowest BCUT2D eigenvalue weighted by atomic mass is 9.80. The van der Waals surface area contributed by atoms with E-state index in [9.17, 15) is 0 Å². The first-order valence-electron chi connectivity index (χ1n) is 7.05. The van der Waals surface area contributed by atoms with Crippen LogP contribution in [0.15, 0.2) is 48.5 Å². The van der Waals surface area contributed by atoms with Crippen LogP contribution in [0.5, 0.6) is 0 Å². The first-order valence-corrected chi connectivity index (χ1v) is 7.05. The van der Waals surface area contributed by atoms with Gasteiger partial charge in [0, 0.05) is 11.1 Å². The zero-order valence-corrected chi connectivity index (χ0v) is 12.4. The van der Waals surface area contributed by atoms with Gasteiger partial charge in [0.15, 0.2) is 0 Å². The van der Waals surface area contributed by atoms with Crippen LogP contribution in [0.25, 0.3) is 22.8 Å². The zero-order valence-electron chi connectivity index (χ0n) is 12.4. The molecule has 1 aromatic heterocycles. The van der Waals surface area contributed by atoms with Gasteiger partial charge in [0.1, 0.15) is 0 Å². The van der Waals surface area contributed by atoms with Gasteiger partial charge in [-0.3, -0.25) is 0 Å². The molecule has 24 heavy (non-hydrogen) atoms. The summed E-state index contributed by atoms with van der Waals surface area (Å²) < 4.78 is 0. The largest absolute Gasteiger partial charge is 0.488 e. The van der Waals surface area contributed by atoms with E-state index in [2.05, 4.69) is 20.4 Å². The molecule has 1 heterocycles. The van der Waals surface area contributed by atoms with E-state index in [0.717, 1.165) is 0 Å². The van der Waals surface area contributed by atoms with Gasteiger partial charge in [-0.2, -0.15) is 0 Å². The molecule has 0 bridgehead atoms. The number of hydrogen-bond acceptors (Lipinski definition) is 8.